The second-order valence-electron chi connectivity index (χ2n) is 8.61. The third kappa shape index (κ3) is 4.71. The van der Waals surface area contributed by atoms with Crippen molar-refractivity contribution in [3.8, 4) is 11.5 Å². The van der Waals surface area contributed by atoms with E-state index in [0.717, 1.165) is 47.4 Å². The monoisotopic (exact) mass is 449 g/mol. The Morgan fingerprint density at radius 2 is 2.03 bits per heavy atom. The van der Waals surface area contributed by atoms with Crippen molar-refractivity contribution in [3.63, 3.8) is 0 Å². The molecule has 0 bridgehead atoms. The van der Waals surface area contributed by atoms with Gasteiger partial charge in [-0.15, -0.1) is 0 Å². The minimum absolute atomic E-state index is 0.0601. The highest BCUT2D eigenvalue weighted by Gasteiger charge is 2.27. The van der Waals surface area contributed by atoms with Gasteiger partial charge in [-0.25, -0.2) is 0 Å². The van der Waals surface area contributed by atoms with Gasteiger partial charge in [-0.1, -0.05) is 13.0 Å². The molecule has 0 radical (unpaired) electrons. The maximum absolute atomic E-state index is 13.4. The maximum Gasteiger partial charge on any atom is 0.258 e. The number of phenols is 1. The van der Waals surface area contributed by atoms with Gasteiger partial charge in [0.1, 0.15) is 17.2 Å². The number of carbonyl (C=O) groups is 1. The first kappa shape index (κ1) is 22.8. The number of benzene rings is 2. The number of rotatable bonds is 8. The Bertz CT molecular complexity index is 1200. The van der Waals surface area contributed by atoms with E-state index < -0.39 is 0 Å². The van der Waals surface area contributed by atoms with Crippen LogP contribution in [0.4, 0.5) is 0 Å². The Morgan fingerprint density at radius 1 is 1.24 bits per heavy atom. The van der Waals surface area contributed by atoms with Crippen LogP contribution in [-0.4, -0.2) is 71.0 Å². The number of aromatic hydroxyl groups is 1. The predicted molar refractivity (Wildman–Crippen MR) is 129 cm³/mol. The Hall–Kier alpha value is -3.39. The number of hydrogen-bond donors (Lipinski definition) is 2. The third-order valence-corrected chi connectivity index (χ3v) is 5.99. The van der Waals surface area contributed by atoms with E-state index in [0.29, 0.717) is 30.9 Å². The van der Waals surface area contributed by atoms with Crippen molar-refractivity contribution in [1.29, 1.82) is 0 Å². The zero-order valence-electron chi connectivity index (χ0n) is 19.7. The van der Waals surface area contributed by atoms with Crippen LogP contribution in [0.1, 0.15) is 46.9 Å². The Kier molecular flexibility index (Phi) is 6.65. The van der Waals surface area contributed by atoms with E-state index in [1.165, 1.54) is 0 Å². The number of carbonyl (C=O) groups excluding carboxylic acids is 1. The minimum Gasteiger partial charge on any atom is -0.507 e. The molecule has 174 valence electrons. The Morgan fingerprint density at radius 3 is 2.76 bits per heavy atom. The van der Waals surface area contributed by atoms with Crippen LogP contribution in [0.2, 0.25) is 0 Å². The van der Waals surface area contributed by atoms with Crippen molar-refractivity contribution in [3.05, 3.63) is 52.7 Å². The van der Waals surface area contributed by atoms with Gasteiger partial charge in [0.2, 0.25) is 0 Å². The Balaban J connectivity index is 1.52. The van der Waals surface area contributed by atoms with Crippen LogP contribution in [0.3, 0.4) is 0 Å². The van der Waals surface area contributed by atoms with E-state index in [9.17, 15) is 9.90 Å². The van der Waals surface area contributed by atoms with Crippen LogP contribution in [-0.2, 0) is 13.1 Å². The molecule has 1 aliphatic heterocycles. The molecule has 0 saturated carbocycles. The van der Waals surface area contributed by atoms with Gasteiger partial charge in [0, 0.05) is 38.1 Å². The summed E-state index contributed by atoms with van der Waals surface area (Å²) in [4.78, 5) is 21.5. The second kappa shape index (κ2) is 9.62. The van der Waals surface area contributed by atoms with Gasteiger partial charge in [0.25, 0.3) is 5.91 Å². The van der Waals surface area contributed by atoms with Crippen LogP contribution in [0.5, 0.6) is 11.5 Å². The fraction of sp³-hybridized carbons (Fsp3) is 0.400. The standard InChI is InChI=1S/C25H31N5O3/c1-5-21(26-2)24-19-12-20(23(31)13-22(19)27-28-24)25(32)30-14-16-7-8-18(11-17(16)15-30)33-10-6-9-29(3)4/h7-8,11-13,31H,5-6,9-10,14-15H2,1-4H3,(H,27,28). The summed E-state index contributed by atoms with van der Waals surface area (Å²) < 4.78 is 5.89. The van der Waals surface area contributed by atoms with Crippen LogP contribution in [0.15, 0.2) is 35.3 Å². The van der Waals surface area contributed by atoms with Crippen molar-refractivity contribution in [2.24, 2.45) is 4.99 Å². The Labute approximate surface area is 193 Å². The smallest absolute Gasteiger partial charge is 0.258 e. The summed E-state index contributed by atoms with van der Waals surface area (Å²) in [7, 11) is 5.82. The fourth-order valence-corrected chi connectivity index (χ4v) is 4.22. The number of fused-ring (bicyclic) bond motifs is 2. The normalized spacial score (nSPS) is 13.7. The van der Waals surface area contributed by atoms with Gasteiger partial charge in [-0.2, -0.15) is 5.10 Å². The molecular formula is C25H31N5O3. The van der Waals surface area contributed by atoms with E-state index in [4.69, 9.17) is 4.74 Å². The molecule has 2 N–H and O–H groups in total. The van der Waals surface area contributed by atoms with Crippen LogP contribution in [0, 0.1) is 0 Å². The SMILES string of the molecule is CCC(=NC)c1n[nH]c2cc(O)c(C(=O)N3Cc4ccc(OCCCN(C)C)cc4C3)cc12. The highest BCUT2D eigenvalue weighted by molar-refractivity contribution is 6.11. The van der Waals surface area contributed by atoms with Crippen molar-refractivity contribution < 1.29 is 14.6 Å². The molecule has 2 aromatic carbocycles. The molecule has 0 aliphatic carbocycles. The van der Waals surface area contributed by atoms with E-state index >= 15 is 0 Å². The molecule has 2 heterocycles. The van der Waals surface area contributed by atoms with Crippen molar-refractivity contribution in [1.82, 2.24) is 20.0 Å². The van der Waals surface area contributed by atoms with E-state index in [1.807, 2.05) is 39.2 Å². The molecule has 1 amide bonds. The molecule has 0 spiro atoms. The minimum atomic E-state index is -0.210. The number of nitrogens with zero attached hydrogens (tertiary/aromatic N) is 4. The highest BCUT2D eigenvalue weighted by Crippen LogP contribution is 2.32. The lowest BCUT2D eigenvalue weighted by Gasteiger charge is -2.16. The molecule has 8 heteroatoms. The zero-order valence-corrected chi connectivity index (χ0v) is 19.7. The van der Waals surface area contributed by atoms with Crippen LogP contribution < -0.4 is 4.74 Å². The van der Waals surface area contributed by atoms with Crippen molar-refractivity contribution >= 4 is 22.5 Å². The number of hydrogen-bond acceptors (Lipinski definition) is 6. The number of phenolic OH excluding ortho intramolecular Hbond substituents is 1. The molecule has 8 nitrogen and oxygen atoms in total. The molecule has 0 saturated heterocycles. The summed E-state index contributed by atoms with van der Waals surface area (Å²) in [6.45, 7) is 4.62. The number of H-pyrrole nitrogens is 1. The largest absolute Gasteiger partial charge is 0.507 e. The molecule has 4 rings (SSSR count). The average molecular weight is 450 g/mol. The number of ether oxygens (including phenoxy) is 1. The van der Waals surface area contributed by atoms with Gasteiger partial charge in [-0.05, 0) is 56.3 Å². The summed E-state index contributed by atoms with van der Waals surface area (Å²) in [5.41, 5.74) is 4.67. The predicted octanol–water partition coefficient (Wildman–Crippen LogP) is 3.58. The average Bonchev–Trinajstić information content (AvgIpc) is 3.40. The molecule has 33 heavy (non-hydrogen) atoms. The van der Waals surface area contributed by atoms with Crippen molar-refractivity contribution in [2.75, 3.05) is 34.3 Å². The molecule has 3 aromatic rings. The van der Waals surface area contributed by atoms with E-state index in [-0.39, 0.29) is 17.2 Å². The number of aromatic amines is 1. The molecule has 0 unspecified atom stereocenters. The van der Waals surface area contributed by atoms with Gasteiger partial charge in [-0.3, -0.25) is 14.9 Å². The van der Waals surface area contributed by atoms with Gasteiger partial charge >= 0.3 is 0 Å². The third-order valence-electron chi connectivity index (χ3n) is 5.99. The topological polar surface area (TPSA) is 94.0 Å². The number of nitrogens with one attached hydrogen (secondary N) is 1. The number of aromatic nitrogens is 2. The molecule has 0 atom stereocenters. The van der Waals surface area contributed by atoms with Crippen LogP contribution >= 0.6 is 0 Å². The number of aliphatic imine (C=N–C) groups is 1. The van der Waals surface area contributed by atoms with Gasteiger partial charge in [0.15, 0.2) is 0 Å². The first-order valence-corrected chi connectivity index (χ1v) is 11.3. The fourth-order valence-electron chi connectivity index (χ4n) is 4.22. The summed E-state index contributed by atoms with van der Waals surface area (Å²) >= 11 is 0. The van der Waals surface area contributed by atoms with E-state index in [2.05, 4.69) is 20.1 Å². The van der Waals surface area contributed by atoms with Gasteiger partial charge in [0.05, 0.1) is 23.4 Å². The van der Waals surface area contributed by atoms with E-state index in [1.54, 1.807) is 24.1 Å². The molecule has 0 fully saturated rings. The molecule has 1 aliphatic rings. The zero-order chi connectivity index (χ0) is 23.5. The summed E-state index contributed by atoms with van der Waals surface area (Å²) in [6.07, 6.45) is 1.68. The summed E-state index contributed by atoms with van der Waals surface area (Å²) in [5, 5.41) is 18.6. The molecule has 1 aromatic heterocycles. The lowest BCUT2D eigenvalue weighted by atomic mass is 10.1. The van der Waals surface area contributed by atoms with Gasteiger partial charge < -0.3 is 19.6 Å². The van der Waals surface area contributed by atoms with Crippen LogP contribution in [0.25, 0.3) is 10.9 Å². The summed E-state index contributed by atoms with van der Waals surface area (Å²) in [6, 6.07) is 9.27. The highest BCUT2D eigenvalue weighted by atomic mass is 16.5. The van der Waals surface area contributed by atoms with Crippen molar-refractivity contribution in [2.45, 2.75) is 32.9 Å². The lowest BCUT2D eigenvalue weighted by molar-refractivity contribution is 0.0748. The quantitative estimate of drug-likeness (QED) is 0.405. The summed E-state index contributed by atoms with van der Waals surface area (Å²) in [5.74, 6) is 0.549. The first-order chi connectivity index (χ1) is 15.9. The number of amides is 1. The first-order valence-electron chi connectivity index (χ1n) is 11.3. The maximum atomic E-state index is 13.4. The second-order valence-corrected chi connectivity index (χ2v) is 8.61. The lowest BCUT2D eigenvalue weighted by Crippen LogP contribution is -2.25. The molecular weight excluding hydrogens is 418 g/mol.